The van der Waals surface area contributed by atoms with Crippen molar-refractivity contribution >= 4 is 15.7 Å². The van der Waals surface area contributed by atoms with Crippen LogP contribution in [-0.4, -0.2) is 38.4 Å². The Balaban J connectivity index is 1.72. The number of rotatable bonds is 5. The molecule has 0 saturated carbocycles. The van der Waals surface area contributed by atoms with Gasteiger partial charge in [-0.3, -0.25) is 4.79 Å². The summed E-state index contributed by atoms with van der Waals surface area (Å²) < 4.78 is 25.1. The highest BCUT2D eigenvalue weighted by Gasteiger charge is 2.32. The van der Waals surface area contributed by atoms with Gasteiger partial charge in [-0.05, 0) is 62.6 Å². The molecular formula is C21H26N2O3S. The second kappa shape index (κ2) is 7.82. The van der Waals surface area contributed by atoms with Gasteiger partial charge in [-0.15, -0.1) is 0 Å². The summed E-state index contributed by atoms with van der Waals surface area (Å²) in [7, 11) is -3.41. The van der Waals surface area contributed by atoms with Crippen molar-refractivity contribution in [1.82, 2.24) is 4.90 Å². The van der Waals surface area contributed by atoms with Crippen LogP contribution in [0.25, 0.3) is 0 Å². The van der Waals surface area contributed by atoms with E-state index >= 15 is 0 Å². The molecular weight excluding hydrogens is 360 g/mol. The molecule has 6 heteroatoms. The number of sulfone groups is 1. The highest BCUT2D eigenvalue weighted by atomic mass is 32.2. The zero-order valence-electron chi connectivity index (χ0n) is 15.8. The SMILES string of the molecule is Cc1ccc(S(=O)(=O)Cc2ccc(C(=O)N3CC(CN)CC3C)cc2)cc1. The second-order valence-corrected chi connectivity index (χ2v) is 9.40. The summed E-state index contributed by atoms with van der Waals surface area (Å²) in [5, 5.41) is 0. The largest absolute Gasteiger partial charge is 0.336 e. The first kappa shape index (κ1) is 19.6. The minimum atomic E-state index is -3.41. The van der Waals surface area contributed by atoms with Crippen molar-refractivity contribution in [3.63, 3.8) is 0 Å². The Bertz CT molecular complexity index is 905. The van der Waals surface area contributed by atoms with E-state index in [1.807, 2.05) is 18.7 Å². The molecule has 2 unspecified atom stereocenters. The summed E-state index contributed by atoms with van der Waals surface area (Å²) in [4.78, 5) is 14.9. The highest BCUT2D eigenvalue weighted by Crippen LogP contribution is 2.24. The second-order valence-electron chi connectivity index (χ2n) is 7.41. The molecule has 1 heterocycles. The quantitative estimate of drug-likeness (QED) is 0.857. The lowest BCUT2D eigenvalue weighted by molar-refractivity contribution is 0.0743. The van der Waals surface area contributed by atoms with Gasteiger partial charge in [-0.1, -0.05) is 29.8 Å². The molecule has 27 heavy (non-hydrogen) atoms. The van der Waals surface area contributed by atoms with Crippen LogP contribution in [0, 0.1) is 12.8 Å². The molecule has 0 aliphatic carbocycles. The molecule has 0 bridgehead atoms. The fraction of sp³-hybridized carbons (Fsp3) is 0.381. The fourth-order valence-electron chi connectivity index (χ4n) is 3.55. The Kier molecular flexibility index (Phi) is 5.67. The Morgan fingerprint density at radius 1 is 1.11 bits per heavy atom. The van der Waals surface area contributed by atoms with E-state index in [9.17, 15) is 13.2 Å². The minimum Gasteiger partial charge on any atom is -0.336 e. The lowest BCUT2D eigenvalue weighted by Gasteiger charge is -2.21. The summed E-state index contributed by atoms with van der Waals surface area (Å²) in [5.74, 6) is 0.245. The summed E-state index contributed by atoms with van der Waals surface area (Å²) >= 11 is 0. The van der Waals surface area contributed by atoms with E-state index in [0.717, 1.165) is 12.0 Å². The van der Waals surface area contributed by atoms with Crippen LogP contribution in [0.1, 0.15) is 34.8 Å². The van der Waals surface area contributed by atoms with Gasteiger partial charge in [0.1, 0.15) is 0 Å². The maximum Gasteiger partial charge on any atom is 0.254 e. The molecule has 0 spiro atoms. The normalized spacial score (nSPS) is 20.0. The topological polar surface area (TPSA) is 80.5 Å². The monoisotopic (exact) mass is 386 g/mol. The van der Waals surface area contributed by atoms with Gasteiger partial charge in [0.25, 0.3) is 5.91 Å². The van der Waals surface area contributed by atoms with Crippen LogP contribution in [-0.2, 0) is 15.6 Å². The van der Waals surface area contributed by atoms with Gasteiger partial charge >= 0.3 is 0 Å². The Morgan fingerprint density at radius 2 is 1.74 bits per heavy atom. The van der Waals surface area contributed by atoms with Crippen LogP contribution < -0.4 is 5.73 Å². The predicted molar refractivity (Wildman–Crippen MR) is 106 cm³/mol. The van der Waals surface area contributed by atoms with E-state index in [1.54, 1.807) is 48.5 Å². The molecule has 0 radical (unpaired) electrons. The van der Waals surface area contributed by atoms with Gasteiger partial charge in [-0.2, -0.15) is 0 Å². The van der Waals surface area contributed by atoms with Crippen molar-refractivity contribution in [2.24, 2.45) is 11.7 Å². The first-order valence-electron chi connectivity index (χ1n) is 9.19. The number of nitrogens with zero attached hydrogens (tertiary/aromatic N) is 1. The number of carbonyl (C=O) groups is 1. The molecule has 1 saturated heterocycles. The van der Waals surface area contributed by atoms with E-state index in [1.165, 1.54) is 0 Å². The average molecular weight is 387 g/mol. The summed E-state index contributed by atoms with van der Waals surface area (Å²) in [6, 6.07) is 13.9. The number of hydrogen-bond donors (Lipinski definition) is 1. The van der Waals surface area contributed by atoms with Gasteiger partial charge in [-0.25, -0.2) is 8.42 Å². The predicted octanol–water partition coefficient (Wildman–Crippen LogP) is 2.78. The minimum absolute atomic E-state index is 0.0219. The van der Waals surface area contributed by atoms with Gasteiger partial charge in [0.05, 0.1) is 10.6 Å². The number of nitrogens with two attached hydrogens (primary N) is 1. The Morgan fingerprint density at radius 3 is 2.30 bits per heavy atom. The van der Waals surface area contributed by atoms with E-state index in [-0.39, 0.29) is 17.7 Å². The number of hydrogen-bond acceptors (Lipinski definition) is 4. The van der Waals surface area contributed by atoms with Gasteiger partial charge in [0, 0.05) is 18.2 Å². The van der Waals surface area contributed by atoms with Crippen molar-refractivity contribution in [1.29, 1.82) is 0 Å². The molecule has 1 fully saturated rings. The molecule has 144 valence electrons. The van der Waals surface area contributed by atoms with Gasteiger partial charge in [0.15, 0.2) is 9.84 Å². The number of aryl methyl sites for hydroxylation is 1. The summed E-state index contributed by atoms with van der Waals surface area (Å²) in [6.07, 6.45) is 0.926. The van der Waals surface area contributed by atoms with Crippen LogP contribution in [0.15, 0.2) is 53.4 Å². The lowest BCUT2D eigenvalue weighted by atomic mass is 10.1. The third kappa shape index (κ3) is 4.39. The van der Waals surface area contributed by atoms with Crippen molar-refractivity contribution < 1.29 is 13.2 Å². The summed E-state index contributed by atoms with van der Waals surface area (Å²) in [6.45, 7) is 5.23. The molecule has 3 rings (SSSR count). The molecule has 2 N–H and O–H groups in total. The van der Waals surface area contributed by atoms with E-state index in [2.05, 4.69) is 0 Å². The third-order valence-corrected chi connectivity index (χ3v) is 6.90. The molecule has 1 aliphatic rings. The van der Waals surface area contributed by atoms with Crippen LogP contribution in [0.2, 0.25) is 0 Å². The van der Waals surface area contributed by atoms with Crippen LogP contribution >= 0.6 is 0 Å². The zero-order valence-corrected chi connectivity index (χ0v) is 16.6. The van der Waals surface area contributed by atoms with Gasteiger partial charge < -0.3 is 10.6 Å². The third-order valence-electron chi connectivity index (χ3n) is 5.19. The van der Waals surface area contributed by atoms with E-state index in [4.69, 9.17) is 5.73 Å². The first-order chi connectivity index (χ1) is 12.8. The zero-order chi connectivity index (χ0) is 19.6. The summed E-state index contributed by atoms with van der Waals surface area (Å²) in [5.41, 5.74) is 8.00. The van der Waals surface area contributed by atoms with Crippen LogP contribution in [0.4, 0.5) is 0 Å². The number of likely N-dealkylation sites (tertiary alicyclic amines) is 1. The van der Waals surface area contributed by atoms with Crippen LogP contribution in [0.5, 0.6) is 0 Å². The van der Waals surface area contributed by atoms with Crippen molar-refractivity contribution in [2.75, 3.05) is 13.1 Å². The molecule has 2 aromatic rings. The molecule has 2 aromatic carbocycles. The number of carbonyl (C=O) groups excluding carboxylic acids is 1. The molecule has 1 aliphatic heterocycles. The highest BCUT2D eigenvalue weighted by molar-refractivity contribution is 7.90. The molecule has 0 aromatic heterocycles. The average Bonchev–Trinajstić information content (AvgIpc) is 3.03. The van der Waals surface area contributed by atoms with Crippen molar-refractivity contribution in [3.8, 4) is 0 Å². The standard InChI is InChI=1S/C21H26N2O3S/c1-15-3-9-20(10-4-15)27(25,26)14-17-5-7-19(8-6-17)21(24)23-13-18(12-22)11-16(23)2/h3-10,16,18H,11-14,22H2,1-2H3. The molecule has 5 nitrogen and oxygen atoms in total. The smallest absolute Gasteiger partial charge is 0.254 e. The number of benzene rings is 2. The lowest BCUT2D eigenvalue weighted by Crippen LogP contribution is -2.34. The van der Waals surface area contributed by atoms with E-state index in [0.29, 0.717) is 35.0 Å². The van der Waals surface area contributed by atoms with Gasteiger partial charge in [0.2, 0.25) is 0 Å². The van der Waals surface area contributed by atoms with Crippen molar-refractivity contribution in [2.45, 2.75) is 37.0 Å². The number of amides is 1. The van der Waals surface area contributed by atoms with E-state index < -0.39 is 9.84 Å². The molecule has 2 atom stereocenters. The first-order valence-corrected chi connectivity index (χ1v) is 10.8. The van der Waals surface area contributed by atoms with Crippen molar-refractivity contribution in [3.05, 3.63) is 65.2 Å². The maximum absolute atomic E-state index is 12.7. The Hall–Kier alpha value is -2.18. The van der Waals surface area contributed by atoms with Crippen LogP contribution in [0.3, 0.4) is 0 Å². The maximum atomic E-state index is 12.7. The Labute approximate surface area is 161 Å². The fourth-order valence-corrected chi connectivity index (χ4v) is 4.90. The molecule has 1 amide bonds.